The van der Waals surface area contributed by atoms with Gasteiger partial charge in [-0.15, -0.1) is 0 Å². The van der Waals surface area contributed by atoms with Crippen molar-refractivity contribution in [3.05, 3.63) is 48.1 Å². The third kappa shape index (κ3) is 4.00. The Kier molecular flexibility index (Phi) is 5.40. The fourth-order valence-electron chi connectivity index (χ4n) is 3.06. The molecular weight excluding hydrogens is 367 g/mol. The van der Waals surface area contributed by atoms with Crippen LogP contribution in [-0.2, 0) is 6.18 Å². The minimum atomic E-state index is -4.65. The summed E-state index contributed by atoms with van der Waals surface area (Å²) in [6, 6.07) is 4.90. The molecule has 0 saturated heterocycles. The molecule has 1 aromatic carbocycles. The van der Waals surface area contributed by atoms with Crippen LogP contribution in [0.4, 0.5) is 13.2 Å². The second-order valence-electron chi connectivity index (χ2n) is 6.90. The monoisotopic (exact) mass is 389 g/mol. The van der Waals surface area contributed by atoms with E-state index >= 15 is 0 Å². The number of aromatic nitrogens is 2. The summed E-state index contributed by atoms with van der Waals surface area (Å²) < 4.78 is 41.6. The number of hydrogen-bond donors (Lipinski definition) is 1. The minimum absolute atomic E-state index is 0.0610. The number of benzene rings is 1. The third-order valence-electron chi connectivity index (χ3n) is 4.77. The molecule has 1 aromatic heterocycles. The van der Waals surface area contributed by atoms with Crippen LogP contribution < -0.4 is 5.32 Å². The zero-order chi connectivity index (χ0) is 20.5. The van der Waals surface area contributed by atoms with E-state index in [1.807, 2.05) is 0 Å². The van der Waals surface area contributed by atoms with Crippen molar-refractivity contribution >= 4 is 29.4 Å². The van der Waals surface area contributed by atoms with Crippen LogP contribution in [-0.4, -0.2) is 22.1 Å². The van der Waals surface area contributed by atoms with Crippen LogP contribution in [0.5, 0.6) is 0 Å². The number of aliphatic imine (C=N–C) groups is 2. The average molecular weight is 389 g/mol. The van der Waals surface area contributed by atoms with Gasteiger partial charge in [-0.25, -0.2) is 15.0 Å². The lowest BCUT2D eigenvalue weighted by Crippen LogP contribution is -2.27. The third-order valence-corrected chi connectivity index (χ3v) is 4.77. The number of fused-ring (bicyclic) bond motifs is 1. The van der Waals surface area contributed by atoms with Crippen LogP contribution in [0.25, 0.3) is 16.9 Å². The lowest BCUT2D eigenvalue weighted by molar-refractivity contribution is -0.145. The molecule has 1 fully saturated rings. The Balaban J connectivity index is 2.00. The molecule has 8 heteroatoms. The van der Waals surface area contributed by atoms with Crippen LogP contribution in [0.2, 0.25) is 0 Å². The van der Waals surface area contributed by atoms with E-state index in [9.17, 15) is 13.2 Å². The second kappa shape index (κ2) is 7.61. The Morgan fingerprint density at radius 3 is 2.64 bits per heavy atom. The van der Waals surface area contributed by atoms with Crippen LogP contribution in [0.15, 0.2) is 46.7 Å². The molecule has 1 aliphatic carbocycles. The first-order chi connectivity index (χ1) is 13.2. The summed E-state index contributed by atoms with van der Waals surface area (Å²) >= 11 is 0. The highest BCUT2D eigenvalue weighted by Crippen LogP contribution is 2.34. The molecule has 1 heterocycles. The van der Waals surface area contributed by atoms with Gasteiger partial charge in [0.1, 0.15) is 5.84 Å². The van der Waals surface area contributed by atoms with Crippen molar-refractivity contribution in [1.82, 2.24) is 14.9 Å². The van der Waals surface area contributed by atoms with Crippen molar-refractivity contribution in [3.63, 3.8) is 0 Å². The van der Waals surface area contributed by atoms with E-state index < -0.39 is 12.0 Å². The topological polar surface area (TPSA) is 54.6 Å². The van der Waals surface area contributed by atoms with E-state index in [-0.39, 0.29) is 16.9 Å². The molecular formula is C20H22F3N5. The zero-order valence-electron chi connectivity index (χ0n) is 15.8. The first-order valence-electron chi connectivity index (χ1n) is 8.94. The number of nitrogens with zero attached hydrogens (tertiary/aromatic N) is 4. The normalized spacial score (nSPS) is 16.2. The van der Waals surface area contributed by atoms with Gasteiger partial charge < -0.3 is 5.32 Å². The summed E-state index contributed by atoms with van der Waals surface area (Å²) in [5.41, 5.74) is 2.21. The van der Waals surface area contributed by atoms with Gasteiger partial charge in [0.15, 0.2) is 5.82 Å². The Morgan fingerprint density at radius 2 is 2.07 bits per heavy atom. The Labute approximate surface area is 161 Å². The fourth-order valence-corrected chi connectivity index (χ4v) is 3.06. The Hall–Kier alpha value is -2.90. The summed E-state index contributed by atoms with van der Waals surface area (Å²) in [7, 11) is 0. The number of allylic oxidation sites excluding steroid dienone is 1. The number of hydrogen-bond acceptors (Lipinski definition) is 3. The Morgan fingerprint density at radius 1 is 1.36 bits per heavy atom. The molecule has 0 spiro atoms. The smallest absolute Gasteiger partial charge is 0.348 e. The van der Waals surface area contributed by atoms with Gasteiger partial charge in [-0.1, -0.05) is 19.1 Å². The standard InChI is InChI=1S/C20H22F3N5/c1-12-8-9-17-16(10-12)27-19(20(21,22)23)28(17)18(24-4)11-25-14(3)26-13(2)15-6-5-7-15/h8-11,15H,2,4-7H2,1,3H3,(H,25,26)/b18-11+. The number of alkyl halides is 3. The maximum atomic E-state index is 13.6. The van der Waals surface area contributed by atoms with Crippen molar-refractivity contribution in [2.45, 2.75) is 39.3 Å². The van der Waals surface area contributed by atoms with E-state index in [0.717, 1.165) is 28.7 Å². The lowest BCUT2D eigenvalue weighted by atomic mass is 9.83. The van der Waals surface area contributed by atoms with Gasteiger partial charge >= 0.3 is 6.18 Å². The Bertz CT molecular complexity index is 978. The van der Waals surface area contributed by atoms with E-state index in [1.165, 1.54) is 12.6 Å². The first-order valence-corrected chi connectivity index (χ1v) is 8.94. The molecule has 1 aliphatic rings. The molecule has 5 nitrogen and oxygen atoms in total. The summed E-state index contributed by atoms with van der Waals surface area (Å²) in [5.74, 6) is -0.184. The lowest BCUT2D eigenvalue weighted by Gasteiger charge is -2.27. The summed E-state index contributed by atoms with van der Waals surface area (Å²) in [6.45, 7) is 10.9. The van der Waals surface area contributed by atoms with Crippen LogP contribution in [0.1, 0.15) is 37.6 Å². The molecule has 0 aliphatic heterocycles. The SMILES string of the molecule is C=N/C(=C\N=C(C)NC(=C)C1CCC1)n1c(C(F)(F)F)nc2cc(C)ccc21. The largest absolute Gasteiger partial charge is 0.450 e. The highest BCUT2D eigenvalue weighted by Gasteiger charge is 2.38. The molecule has 0 amide bonds. The summed E-state index contributed by atoms with van der Waals surface area (Å²) in [5, 5.41) is 3.10. The molecule has 0 radical (unpaired) electrons. The van der Waals surface area contributed by atoms with Crippen molar-refractivity contribution in [3.8, 4) is 0 Å². The highest BCUT2D eigenvalue weighted by molar-refractivity contribution is 5.84. The highest BCUT2D eigenvalue weighted by atomic mass is 19.4. The number of halogens is 3. The van der Waals surface area contributed by atoms with Crippen LogP contribution in [0, 0.1) is 12.8 Å². The molecule has 1 N–H and O–H groups in total. The molecule has 0 unspecified atom stereocenters. The zero-order valence-corrected chi connectivity index (χ0v) is 15.8. The van der Waals surface area contributed by atoms with Gasteiger partial charge in [-0.05, 0) is 57.0 Å². The molecule has 0 atom stereocenters. The van der Waals surface area contributed by atoms with Gasteiger partial charge in [-0.2, -0.15) is 13.2 Å². The molecule has 1 saturated carbocycles. The molecule has 3 rings (SSSR count). The molecule has 2 aromatic rings. The summed E-state index contributed by atoms with van der Waals surface area (Å²) in [6.07, 6.45) is -0.0428. The number of aryl methyl sites for hydroxylation is 1. The van der Waals surface area contributed by atoms with Gasteiger partial charge in [-0.3, -0.25) is 4.57 Å². The van der Waals surface area contributed by atoms with Crippen molar-refractivity contribution in [1.29, 1.82) is 0 Å². The van der Waals surface area contributed by atoms with Gasteiger partial charge in [0.2, 0.25) is 5.82 Å². The van der Waals surface area contributed by atoms with Crippen molar-refractivity contribution < 1.29 is 13.2 Å². The predicted octanol–water partition coefficient (Wildman–Crippen LogP) is 5.14. The molecule has 28 heavy (non-hydrogen) atoms. The average Bonchev–Trinajstić information content (AvgIpc) is 2.92. The maximum absolute atomic E-state index is 13.6. The fraction of sp³-hybridized carbons (Fsp3) is 0.350. The molecule has 0 bridgehead atoms. The van der Waals surface area contributed by atoms with Crippen molar-refractivity contribution in [2.75, 3.05) is 0 Å². The van der Waals surface area contributed by atoms with Gasteiger partial charge in [0.25, 0.3) is 0 Å². The minimum Gasteiger partial charge on any atom is -0.348 e. The quantitative estimate of drug-likeness (QED) is 0.568. The number of rotatable bonds is 5. The number of amidine groups is 1. The van der Waals surface area contributed by atoms with Crippen LogP contribution in [0.3, 0.4) is 0 Å². The van der Waals surface area contributed by atoms with Crippen LogP contribution >= 0.6 is 0 Å². The molecule has 148 valence electrons. The van der Waals surface area contributed by atoms with Gasteiger partial charge in [0.05, 0.1) is 17.2 Å². The van der Waals surface area contributed by atoms with E-state index in [1.54, 1.807) is 32.0 Å². The number of imidazole rings is 1. The van der Waals surface area contributed by atoms with Gasteiger partial charge in [0, 0.05) is 5.70 Å². The van der Waals surface area contributed by atoms with E-state index in [2.05, 4.69) is 33.6 Å². The second-order valence-corrected chi connectivity index (χ2v) is 6.90. The van der Waals surface area contributed by atoms with E-state index in [0.29, 0.717) is 11.8 Å². The van der Waals surface area contributed by atoms with Crippen molar-refractivity contribution in [2.24, 2.45) is 15.9 Å². The predicted molar refractivity (Wildman–Crippen MR) is 106 cm³/mol. The first kappa shape index (κ1) is 19.9. The van der Waals surface area contributed by atoms with E-state index in [4.69, 9.17) is 0 Å². The number of nitrogens with one attached hydrogen (secondary N) is 1. The maximum Gasteiger partial charge on any atom is 0.450 e. The summed E-state index contributed by atoms with van der Waals surface area (Å²) in [4.78, 5) is 11.7.